The van der Waals surface area contributed by atoms with E-state index in [-0.39, 0.29) is 35.3 Å². The molecule has 0 saturated carbocycles. The topological polar surface area (TPSA) is 59.0 Å². The van der Waals surface area contributed by atoms with E-state index in [1.165, 1.54) is 12.3 Å². The third-order valence-corrected chi connectivity index (χ3v) is 4.77. The van der Waals surface area contributed by atoms with Gasteiger partial charge in [-0.25, -0.2) is 4.98 Å². The highest BCUT2D eigenvalue weighted by Gasteiger charge is 2.42. The molecule has 3 rings (SSSR count). The van der Waals surface area contributed by atoms with E-state index in [9.17, 15) is 13.2 Å². The average molecular weight is 500 g/mol. The highest BCUT2D eigenvalue weighted by atomic mass is 127. The van der Waals surface area contributed by atoms with Crippen molar-refractivity contribution in [3.63, 3.8) is 0 Å². The number of alkyl halides is 3. The summed E-state index contributed by atoms with van der Waals surface area (Å²) in [4.78, 5) is 10.5. The number of nitrogens with zero attached hydrogens (tertiary/aromatic N) is 3. The fourth-order valence-electron chi connectivity index (χ4n) is 3.36. The average Bonchev–Trinajstić information content (AvgIpc) is 3.24. The number of hydrogen-bond acceptors (Lipinski definition) is 4. The molecule has 0 aromatic carbocycles. The van der Waals surface area contributed by atoms with E-state index in [2.05, 4.69) is 24.9 Å². The van der Waals surface area contributed by atoms with Crippen molar-refractivity contribution in [3.05, 3.63) is 23.9 Å². The Balaban J connectivity index is 0.00000261. The van der Waals surface area contributed by atoms with Gasteiger partial charge in [0.1, 0.15) is 0 Å². The van der Waals surface area contributed by atoms with Gasteiger partial charge in [-0.05, 0) is 18.4 Å². The third-order valence-electron chi connectivity index (χ3n) is 4.77. The second kappa shape index (κ2) is 9.26. The maximum Gasteiger partial charge on any atom is 0.422 e. The molecule has 2 fully saturated rings. The van der Waals surface area contributed by atoms with Crippen LogP contribution in [-0.2, 0) is 11.3 Å². The van der Waals surface area contributed by atoms with Crippen molar-refractivity contribution >= 4 is 29.9 Å². The van der Waals surface area contributed by atoms with Crippen LogP contribution in [0.3, 0.4) is 0 Å². The van der Waals surface area contributed by atoms with Gasteiger partial charge in [-0.1, -0.05) is 6.07 Å². The van der Waals surface area contributed by atoms with E-state index < -0.39 is 12.8 Å². The Morgan fingerprint density at radius 1 is 1.41 bits per heavy atom. The monoisotopic (exact) mass is 500 g/mol. The van der Waals surface area contributed by atoms with E-state index >= 15 is 0 Å². The Kier molecular flexibility index (Phi) is 7.55. The molecule has 1 aromatic heterocycles. The first kappa shape index (κ1) is 22.0. The maximum atomic E-state index is 12.1. The number of pyridine rings is 1. The number of halogens is 4. The number of aliphatic imine (C=N–C) groups is 1. The summed E-state index contributed by atoms with van der Waals surface area (Å²) < 4.78 is 46.6. The van der Waals surface area contributed by atoms with Crippen LogP contribution in [0.5, 0.6) is 5.88 Å². The van der Waals surface area contributed by atoms with Crippen LogP contribution in [0.2, 0.25) is 0 Å². The van der Waals surface area contributed by atoms with Gasteiger partial charge in [-0.3, -0.25) is 4.99 Å². The molecule has 1 aromatic rings. The second-order valence-corrected chi connectivity index (χ2v) is 6.78. The van der Waals surface area contributed by atoms with E-state index in [4.69, 9.17) is 4.74 Å². The van der Waals surface area contributed by atoms with Crippen LogP contribution in [0, 0.1) is 5.41 Å². The molecule has 0 amide bonds. The summed E-state index contributed by atoms with van der Waals surface area (Å²) in [5.74, 6) is 0.768. The molecule has 27 heavy (non-hydrogen) atoms. The maximum absolute atomic E-state index is 12.1. The molecule has 1 atom stereocenters. The van der Waals surface area contributed by atoms with Crippen molar-refractivity contribution in [2.45, 2.75) is 25.6 Å². The van der Waals surface area contributed by atoms with E-state index in [1.54, 1.807) is 13.1 Å². The minimum atomic E-state index is -4.37. The predicted octanol–water partition coefficient (Wildman–Crippen LogP) is 2.83. The molecule has 1 spiro atoms. The zero-order valence-corrected chi connectivity index (χ0v) is 17.4. The predicted molar refractivity (Wildman–Crippen MR) is 105 cm³/mol. The molecule has 2 aliphatic heterocycles. The molecule has 2 aliphatic rings. The first-order chi connectivity index (χ1) is 12.4. The summed E-state index contributed by atoms with van der Waals surface area (Å²) in [5, 5.41) is 3.28. The van der Waals surface area contributed by atoms with Crippen LogP contribution in [0.4, 0.5) is 13.2 Å². The summed E-state index contributed by atoms with van der Waals surface area (Å²) in [5.41, 5.74) is 1.08. The highest BCUT2D eigenvalue weighted by molar-refractivity contribution is 14.0. The van der Waals surface area contributed by atoms with Crippen molar-refractivity contribution in [3.8, 4) is 5.88 Å². The first-order valence-corrected chi connectivity index (χ1v) is 8.57. The lowest BCUT2D eigenvalue weighted by Gasteiger charge is -2.25. The molecule has 0 aliphatic carbocycles. The molecule has 3 heterocycles. The first-order valence-electron chi connectivity index (χ1n) is 8.57. The quantitative estimate of drug-likeness (QED) is 0.392. The van der Waals surface area contributed by atoms with Gasteiger partial charge in [-0.15, -0.1) is 24.0 Å². The molecule has 1 N–H and O–H groups in total. The molecular formula is C17H24F3IN4O2. The number of guanidine groups is 1. The number of nitrogens with one attached hydrogen (secondary N) is 1. The summed E-state index contributed by atoms with van der Waals surface area (Å²) in [6.07, 6.45) is -0.682. The number of aromatic nitrogens is 1. The molecule has 0 bridgehead atoms. The Morgan fingerprint density at radius 2 is 2.22 bits per heavy atom. The largest absolute Gasteiger partial charge is 0.468 e. The van der Waals surface area contributed by atoms with Crippen LogP contribution < -0.4 is 10.1 Å². The van der Waals surface area contributed by atoms with Gasteiger partial charge in [0, 0.05) is 51.0 Å². The number of hydrogen-bond donors (Lipinski definition) is 1. The van der Waals surface area contributed by atoms with Gasteiger partial charge >= 0.3 is 6.18 Å². The fourth-order valence-corrected chi connectivity index (χ4v) is 3.36. The zero-order valence-electron chi connectivity index (χ0n) is 15.1. The zero-order chi connectivity index (χ0) is 18.6. The van der Waals surface area contributed by atoms with Crippen LogP contribution in [0.1, 0.15) is 18.4 Å². The van der Waals surface area contributed by atoms with E-state index in [0.29, 0.717) is 6.54 Å². The normalized spacial score (nSPS) is 22.8. The van der Waals surface area contributed by atoms with Gasteiger partial charge in [0.15, 0.2) is 12.6 Å². The van der Waals surface area contributed by atoms with Crippen LogP contribution in [0.25, 0.3) is 0 Å². The van der Waals surface area contributed by atoms with Gasteiger partial charge in [0.05, 0.1) is 6.61 Å². The van der Waals surface area contributed by atoms with Gasteiger partial charge in [0.2, 0.25) is 5.88 Å². The summed E-state index contributed by atoms with van der Waals surface area (Å²) in [6, 6.07) is 3.13. The molecule has 152 valence electrons. The molecule has 2 saturated heterocycles. The standard InChI is InChI=1S/C17H23F3N4O2.HI/c1-21-15(24-6-4-16(10-24)5-7-25-11-16)23-9-13-2-3-14(22-8-13)26-12-17(18,19)20;/h2-3,8H,4-7,9-12H2,1H3,(H,21,23);1H. The van der Waals surface area contributed by atoms with Gasteiger partial charge < -0.3 is 19.7 Å². The van der Waals surface area contributed by atoms with Crippen molar-refractivity contribution in [2.75, 3.05) is 40.0 Å². The molecule has 6 nitrogen and oxygen atoms in total. The van der Waals surface area contributed by atoms with Crippen LogP contribution in [-0.4, -0.2) is 62.0 Å². The highest BCUT2D eigenvalue weighted by Crippen LogP contribution is 2.38. The lowest BCUT2D eigenvalue weighted by molar-refractivity contribution is -0.154. The third kappa shape index (κ3) is 6.09. The van der Waals surface area contributed by atoms with E-state index in [0.717, 1.165) is 50.7 Å². The smallest absolute Gasteiger partial charge is 0.422 e. The van der Waals surface area contributed by atoms with Gasteiger partial charge in [0.25, 0.3) is 0 Å². The lowest BCUT2D eigenvalue weighted by atomic mass is 9.87. The summed E-state index contributed by atoms with van der Waals surface area (Å²) >= 11 is 0. The van der Waals surface area contributed by atoms with Crippen molar-refractivity contribution in [1.82, 2.24) is 15.2 Å². The Labute approximate surface area is 173 Å². The minimum absolute atomic E-state index is 0. The van der Waals surface area contributed by atoms with Crippen molar-refractivity contribution in [2.24, 2.45) is 10.4 Å². The number of ether oxygens (including phenoxy) is 2. The lowest BCUT2D eigenvalue weighted by Crippen LogP contribution is -2.41. The number of likely N-dealkylation sites (tertiary alicyclic amines) is 1. The fraction of sp³-hybridized carbons (Fsp3) is 0.647. The summed E-state index contributed by atoms with van der Waals surface area (Å²) in [6.45, 7) is 2.64. The van der Waals surface area contributed by atoms with Crippen molar-refractivity contribution < 1.29 is 22.6 Å². The van der Waals surface area contributed by atoms with Gasteiger partial charge in [-0.2, -0.15) is 13.2 Å². The van der Waals surface area contributed by atoms with E-state index in [1.807, 2.05) is 0 Å². The molecule has 10 heteroatoms. The van der Waals surface area contributed by atoms with Crippen LogP contribution in [0.15, 0.2) is 23.3 Å². The van der Waals surface area contributed by atoms with Crippen LogP contribution >= 0.6 is 24.0 Å². The Hall–Kier alpha value is -1.30. The molecular weight excluding hydrogens is 476 g/mol. The molecule has 0 radical (unpaired) electrons. The minimum Gasteiger partial charge on any atom is -0.468 e. The number of rotatable bonds is 4. The Bertz CT molecular complexity index is 634. The second-order valence-electron chi connectivity index (χ2n) is 6.78. The summed E-state index contributed by atoms with van der Waals surface area (Å²) in [7, 11) is 1.74. The van der Waals surface area contributed by atoms with Crippen molar-refractivity contribution in [1.29, 1.82) is 0 Å². The Morgan fingerprint density at radius 3 is 2.81 bits per heavy atom. The SMILES string of the molecule is CN=C(NCc1ccc(OCC(F)(F)F)nc1)N1CCC2(CCOC2)C1.I. The molecule has 1 unspecified atom stereocenters.